The number of nitrogens with zero attached hydrogens (tertiary/aromatic N) is 3. The molecule has 0 aliphatic rings. The third-order valence-electron chi connectivity index (χ3n) is 4.14. The fourth-order valence-corrected chi connectivity index (χ4v) is 3.48. The van der Waals surface area contributed by atoms with Gasteiger partial charge in [0.25, 0.3) is 0 Å². The molecule has 6 nitrogen and oxygen atoms in total. The van der Waals surface area contributed by atoms with Crippen LogP contribution in [0, 0.1) is 6.92 Å². The average Bonchev–Trinajstić information content (AvgIpc) is 3.12. The Balaban J connectivity index is 1.65. The summed E-state index contributed by atoms with van der Waals surface area (Å²) in [5.74, 6) is 1.59. The number of nitrogens with one attached hydrogen (secondary N) is 1. The minimum atomic E-state index is -0.291. The first-order chi connectivity index (χ1) is 14.1. The summed E-state index contributed by atoms with van der Waals surface area (Å²) in [5.41, 5.74) is 1.92. The summed E-state index contributed by atoms with van der Waals surface area (Å²) in [6.07, 6.45) is 1.49. The molecule has 0 fully saturated rings. The number of thioether (sulfide) groups is 1. The van der Waals surface area contributed by atoms with Crippen LogP contribution in [0.4, 0.5) is 5.69 Å². The van der Waals surface area contributed by atoms with Crippen LogP contribution >= 0.6 is 11.8 Å². The number of aryl methyl sites for hydroxylation is 1. The largest absolute Gasteiger partial charge is 0.483 e. The summed E-state index contributed by atoms with van der Waals surface area (Å²) in [7, 11) is 0. The number of carbonyl (C=O) groups is 1. The maximum Gasteiger partial charge on any atom is 0.234 e. The zero-order valence-electron chi connectivity index (χ0n) is 16.5. The van der Waals surface area contributed by atoms with Crippen LogP contribution in [0.25, 0.3) is 0 Å². The third kappa shape index (κ3) is 5.71. The van der Waals surface area contributed by atoms with Gasteiger partial charge in [0.1, 0.15) is 5.75 Å². The number of benzene rings is 2. The van der Waals surface area contributed by atoms with Gasteiger partial charge in [0.2, 0.25) is 5.91 Å². The van der Waals surface area contributed by atoms with Crippen LogP contribution in [0.1, 0.15) is 24.4 Å². The first-order valence-electron chi connectivity index (χ1n) is 9.32. The van der Waals surface area contributed by atoms with Crippen LogP contribution in [0.2, 0.25) is 0 Å². The molecule has 2 aromatic carbocycles. The molecule has 0 saturated heterocycles. The van der Waals surface area contributed by atoms with E-state index >= 15 is 0 Å². The van der Waals surface area contributed by atoms with Gasteiger partial charge in [-0.15, -0.1) is 16.8 Å². The number of para-hydroxylation sites is 1. The molecule has 0 unspecified atom stereocenters. The number of anilines is 1. The van der Waals surface area contributed by atoms with Crippen molar-refractivity contribution in [1.82, 2.24) is 14.8 Å². The van der Waals surface area contributed by atoms with E-state index in [1.54, 1.807) is 6.08 Å². The normalized spacial score (nSPS) is 11.7. The fourth-order valence-electron chi connectivity index (χ4n) is 2.73. The predicted molar refractivity (Wildman–Crippen MR) is 116 cm³/mol. The molecule has 1 atom stereocenters. The van der Waals surface area contributed by atoms with E-state index in [9.17, 15) is 4.79 Å². The van der Waals surface area contributed by atoms with Crippen molar-refractivity contribution < 1.29 is 9.53 Å². The Bertz CT molecular complexity index is 955. The molecule has 0 bridgehead atoms. The molecule has 0 aliphatic heterocycles. The summed E-state index contributed by atoms with van der Waals surface area (Å²) < 4.78 is 7.89. The van der Waals surface area contributed by atoms with E-state index < -0.39 is 0 Å². The molecule has 1 aromatic heterocycles. The van der Waals surface area contributed by atoms with Crippen molar-refractivity contribution in [3.05, 3.63) is 78.6 Å². The van der Waals surface area contributed by atoms with Gasteiger partial charge >= 0.3 is 0 Å². The number of amides is 1. The number of hydrogen-bond acceptors (Lipinski definition) is 5. The number of carbonyl (C=O) groups excluding carboxylic acids is 1. The number of rotatable bonds is 9. The fraction of sp³-hybridized carbons (Fsp3) is 0.227. The van der Waals surface area contributed by atoms with Gasteiger partial charge < -0.3 is 10.1 Å². The first-order valence-corrected chi connectivity index (χ1v) is 10.3. The summed E-state index contributed by atoms with van der Waals surface area (Å²) in [4.78, 5) is 12.3. The Labute approximate surface area is 175 Å². The average molecular weight is 409 g/mol. The third-order valence-corrected chi connectivity index (χ3v) is 5.11. The quantitative estimate of drug-likeness (QED) is 0.412. The number of allylic oxidation sites excluding steroid dienone is 1. The highest BCUT2D eigenvalue weighted by atomic mass is 32.2. The van der Waals surface area contributed by atoms with Crippen molar-refractivity contribution in [3.63, 3.8) is 0 Å². The molecular weight excluding hydrogens is 384 g/mol. The smallest absolute Gasteiger partial charge is 0.234 e. The van der Waals surface area contributed by atoms with E-state index in [1.165, 1.54) is 11.8 Å². The topological polar surface area (TPSA) is 69.0 Å². The standard InChI is InChI=1S/C22H24N4O2S/c1-4-14-26-21(17(3)28-19-8-6-5-7-9-19)24-25-22(26)29-15-20(27)23-18-12-10-16(2)11-13-18/h4-13,17H,1,14-15H2,2-3H3,(H,23,27)/t17-/m1/s1. The lowest BCUT2D eigenvalue weighted by Gasteiger charge is -2.15. The van der Waals surface area contributed by atoms with E-state index in [2.05, 4.69) is 22.1 Å². The lowest BCUT2D eigenvalue weighted by atomic mass is 10.2. The van der Waals surface area contributed by atoms with Gasteiger partial charge in [-0.25, -0.2) is 0 Å². The van der Waals surface area contributed by atoms with Crippen molar-refractivity contribution in [2.45, 2.75) is 31.7 Å². The van der Waals surface area contributed by atoms with E-state index in [4.69, 9.17) is 4.74 Å². The monoisotopic (exact) mass is 408 g/mol. The molecular formula is C22H24N4O2S. The zero-order chi connectivity index (χ0) is 20.6. The second-order valence-electron chi connectivity index (χ2n) is 6.52. The SMILES string of the molecule is C=CCn1c(SCC(=O)Nc2ccc(C)cc2)nnc1[C@@H](C)Oc1ccccc1. The van der Waals surface area contributed by atoms with Gasteiger partial charge in [0.05, 0.1) is 5.75 Å². The molecule has 1 N–H and O–H groups in total. The highest BCUT2D eigenvalue weighted by Gasteiger charge is 2.19. The molecule has 3 rings (SSSR count). The van der Waals surface area contributed by atoms with Gasteiger partial charge in [0, 0.05) is 12.2 Å². The second-order valence-corrected chi connectivity index (χ2v) is 7.46. The Hall–Kier alpha value is -3.06. The molecule has 7 heteroatoms. The van der Waals surface area contributed by atoms with E-state index in [-0.39, 0.29) is 17.8 Å². The molecule has 0 aliphatic carbocycles. The highest BCUT2D eigenvalue weighted by molar-refractivity contribution is 7.99. The lowest BCUT2D eigenvalue weighted by Crippen LogP contribution is -2.15. The van der Waals surface area contributed by atoms with E-state index in [1.807, 2.05) is 73.0 Å². The van der Waals surface area contributed by atoms with Gasteiger partial charge in [-0.05, 0) is 38.1 Å². The molecule has 0 spiro atoms. The number of hydrogen-bond donors (Lipinski definition) is 1. The minimum absolute atomic E-state index is 0.0952. The minimum Gasteiger partial charge on any atom is -0.483 e. The van der Waals surface area contributed by atoms with Gasteiger partial charge in [-0.3, -0.25) is 9.36 Å². The van der Waals surface area contributed by atoms with E-state index in [0.717, 1.165) is 17.0 Å². The van der Waals surface area contributed by atoms with Gasteiger partial charge in [-0.2, -0.15) is 0 Å². The number of ether oxygens (including phenoxy) is 1. The van der Waals surface area contributed by atoms with Gasteiger partial charge in [0.15, 0.2) is 17.1 Å². The summed E-state index contributed by atoms with van der Waals surface area (Å²) >= 11 is 1.34. The van der Waals surface area contributed by atoms with Crippen molar-refractivity contribution in [2.75, 3.05) is 11.1 Å². The Morgan fingerprint density at radius 2 is 1.93 bits per heavy atom. The molecule has 1 heterocycles. The molecule has 150 valence electrons. The van der Waals surface area contributed by atoms with Crippen LogP contribution in [0.3, 0.4) is 0 Å². The maximum atomic E-state index is 12.3. The van der Waals surface area contributed by atoms with Crippen molar-refractivity contribution >= 4 is 23.4 Å². The molecule has 0 radical (unpaired) electrons. The predicted octanol–water partition coefficient (Wildman–Crippen LogP) is 4.64. The molecule has 3 aromatic rings. The zero-order valence-corrected chi connectivity index (χ0v) is 17.4. The lowest BCUT2D eigenvalue weighted by molar-refractivity contribution is -0.113. The van der Waals surface area contributed by atoms with E-state index in [0.29, 0.717) is 17.5 Å². The van der Waals surface area contributed by atoms with Crippen LogP contribution in [0.5, 0.6) is 5.75 Å². The number of aromatic nitrogens is 3. The Morgan fingerprint density at radius 3 is 2.62 bits per heavy atom. The molecule has 0 saturated carbocycles. The van der Waals surface area contributed by atoms with Crippen molar-refractivity contribution in [3.8, 4) is 5.75 Å². The highest BCUT2D eigenvalue weighted by Crippen LogP contribution is 2.24. The summed E-state index contributed by atoms with van der Waals surface area (Å²) in [6.45, 7) is 8.28. The van der Waals surface area contributed by atoms with Crippen molar-refractivity contribution in [1.29, 1.82) is 0 Å². The van der Waals surface area contributed by atoms with Crippen LogP contribution < -0.4 is 10.1 Å². The molecule has 1 amide bonds. The maximum absolute atomic E-state index is 12.3. The molecule has 29 heavy (non-hydrogen) atoms. The van der Waals surface area contributed by atoms with Crippen LogP contribution in [-0.4, -0.2) is 26.4 Å². The van der Waals surface area contributed by atoms with Gasteiger partial charge in [-0.1, -0.05) is 53.7 Å². The Kier molecular flexibility index (Phi) is 7.08. The first kappa shape index (κ1) is 20.7. The van der Waals surface area contributed by atoms with Crippen LogP contribution in [-0.2, 0) is 11.3 Å². The second kappa shape index (κ2) is 9.93. The summed E-state index contributed by atoms with van der Waals surface area (Å²) in [6, 6.07) is 17.3. The van der Waals surface area contributed by atoms with Crippen LogP contribution in [0.15, 0.2) is 72.4 Å². The Morgan fingerprint density at radius 1 is 1.21 bits per heavy atom. The summed E-state index contributed by atoms with van der Waals surface area (Å²) in [5, 5.41) is 12.1. The van der Waals surface area contributed by atoms with Crippen molar-refractivity contribution in [2.24, 2.45) is 0 Å².